The van der Waals surface area contributed by atoms with Gasteiger partial charge in [-0.3, -0.25) is 19.7 Å². The molecule has 2 aromatic heterocycles. The monoisotopic (exact) mass is 362 g/mol. The first-order chi connectivity index (χ1) is 13.0. The molecule has 0 radical (unpaired) electrons. The molecule has 1 atom stereocenters. The number of pyridine rings is 2. The first-order valence-electron chi connectivity index (χ1n) is 9.35. The van der Waals surface area contributed by atoms with Crippen LogP contribution in [0.5, 0.6) is 0 Å². The van der Waals surface area contributed by atoms with Crippen molar-refractivity contribution in [2.45, 2.75) is 46.3 Å². The second-order valence-electron chi connectivity index (χ2n) is 6.91. The fraction of sp³-hybridized carbons (Fsp3) is 0.318. The molecule has 27 heavy (non-hydrogen) atoms. The topological polar surface area (TPSA) is 58.1 Å². The number of aromatic nitrogens is 2. The first kappa shape index (κ1) is 19.0. The predicted molar refractivity (Wildman–Crippen MR) is 109 cm³/mol. The summed E-state index contributed by atoms with van der Waals surface area (Å²) in [6.45, 7) is 7.60. The lowest BCUT2D eigenvalue weighted by molar-refractivity contribution is -0.114. The number of nitrogens with zero attached hydrogens (tertiary/aromatic N) is 3. The molecule has 0 bridgehead atoms. The van der Waals surface area contributed by atoms with Gasteiger partial charge in [0, 0.05) is 49.5 Å². The van der Waals surface area contributed by atoms with E-state index < -0.39 is 0 Å². The highest BCUT2D eigenvalue weighted by Gasteiger charge is 2.14. The van der Waals surface area contributed by atoms with E-state index in [4.69, 9.17) is 4.98 Å². The Kier molecular flexibility index (Phi) is 6.14. The fourth-order valence-corrected chi connectivity index (χ4v) is 3.10. The van der Waals surface area contributed by atoms with Crippen molar-refractivity contribution in [2.24, 2.45) is 0 Å². The molecule has 0 fully saturated rings. The van der Waals surface area contributed by atoms with Gasteiger partial charge in [0.1, 0.15) is 0 Å². The maximum absolute atomic E-state index is 11.2. The molecule has 0 unspecified atom stereocenters. The Morgan fingerprint density at radius 2 is 2.04 bits per heavy atom. The average molecular weight is 362 g/mol. The van der Waals surface area contributed by atoms with E-state index in [1.165, 1.54) is 12.5 Å². The fourth-order valence-electron chi connectivity index (χ4n) is 3.10. The van der Waals surface area contributed by atoms with E-state index >= 15 is 0 Å². The van der Waals surface area contributed by atoms with E-state index in [0.29, 0.717) is 6.04 Å². The molecule has 0 aliphatic heterocycles. The smallest absolute Gasteiger partial charge is 0.221 e. The minimum atomic E-state index is -0.0708. The zero-order chi connectivity index (χ0) is 19.2. The van der Waals surface area contributed by atoms with Crippen molar-refractivity contribution in [1.29, 1.82) is 0 Å². The lowest BCUT2D eigenvalue weighted by Crippen LogP contribution is -2.32. The number of carbonyl (C=O) groups is 1. The molecule has 0 aliphatic rings. The number of fused-ring (bicyclic) bond motifs is 1. The summed E-state index contributed by atoms with van der Waals surface area (Å²) in [5.41, 5.74) is 3.98. The lowest BCUT2D eigenvalue weighted by atomic mass is 10.1. The number of hydrogen-bond donors (Lipinski definition) is 1. The van der Waals surface area contributed by atoms with E-state index in [1.54, 1.807) is 6.20 Å². The summed E-state index contributed by atoms with van der Waals surface area (Å²) < 4.78 is 0. The highest BCUT2D eigenvalue weighted by atomic mass is 16.1. The van der Waals surface area contributed by atoms with Crippen molar-refractivity contribution in [1.82, 2.24) is 14.9 Å². The van der Waals surface area contributed by atoms with E-state index in [9.17, 15) is 4.79 Å². The van der Waals surface area contributed by atoms with Crippen LogP contribution in [0.1, 0.15) is 38.4 Å². The van der Waals surface area contributed by atoms with Crippen LogP contribution in [0.4, 0.5) is 5.69 Å². The summed E-state index contributed by atoms with van der Waals surface area (Å²) in [5, 5.41) is 3.83. The van der Waals surface area contributed by atoms with Gasteiger partial charge in [0.15, 0.2) is 0 Å². The van der Waals surface area contributed by atoms with Gasteiger partial charge in [0.2, 0.25) is 5.91 Å². The Bertz CT molecular complexity index is 911. The number of carbonyl (C=O) groups excluding carboxylic acids is 1. The van der Waals surface area contributed by atoms with Gasteiger partial charge in [0.25, 0.3) is 0 Å². The molecule has 1 amide bonds. The van der Waals surface area contributed by atoms with Crippen LogP contribution in [0.3, 0.4) is 0 Å². The lowest BCUT2D eigenvalue weighted by Gasteiger charge is -2.28. The van der Waals surface area contributed by atoms with Crippen LogP contribution < -0.4 is 5.32 Å². The second kappa shape index (κ2) is 8.73. The van der Waals surface area contributed by atoms with Crippen molar-refractivity contribution < 1.29 is 4.79 Å². The van der Waals surface area contributed by atoms with Crippen LogP contribution in [0.15, 0.2) is 54.9 Å². The number of hydrogen-bond acceptors (Lipinski definition) is 4. The molecule has 1 N–H and O–H groups in total. The Hall–Kier alpha value is -2.79. The molecule has 5 nitrogen and oxygen atoms in total. The quantitative estimate of drug-likeness (QED) is 0.677. The van der Waals surface area contributed by atoms with Crippen molar-refractivity contribution in [3.8, 4) is 0 Å². The maximum Gasteiger partial charge on any atom is 0.221 e. The molecule has 2 heterocycles. The van der Waals surface area contributed by atoms with Crippen LogP contribution in [0.25, 0.3) is 10.9 Å². The van der Waals surface area contributed by atoms with Crippen molar-refractivity contribution >= 4 is 22.5 Å². The summed E-state index contributed by atoms with van der Waals surface area (Å²) in [5.74, 6) is -0.0708. The Morgan fingerprint density at radius 3 is 2.74 bits per heavy atom. The third-order valence-electron chi connectivity index (χ3n) is 4.75. The number of nitrogens with one attached hydrogen (secondary N) is 1. The molecular formula is C22H26N4O. The van der Waals surface area contributed by atoms with Crippen LogP contribution in [0.2, 0.25) is 0 Å². The van der Waals surface area contributed by atoms with Gasteiger partial charge in [-0.25, -0.2) is 0 Å². The first-order valence-corrected chi connectivity index (χ1v) is 9.35. The SMILES string of the molecule is CC[C@H](C)N(Cc1cccnc1)Cc1ccc2cc(NC(C)=O)ccc2n1. The third kappa shape index (κ3) is 5.11. The van der Waals surface area contributed by atoms with Gasteiger partial charge < -0.3 is 5.32 Å². The largest absolute Gasteiger partial charge is 0.326 e. The molecule has 0 saturated heterocycles. The van der Waals surface area contributed by atoms with Gasteiger partial charge in [-0.1, -0.05) is 19.1 Å². The standard InChI is InChI=1S/C22H26N4O/c1-4-16(2)26(14-18-6-5-11-23-13-18)15-21-8-7-19-12-20(24-17(3)27)9-10-22(19)25-21/h5-13,16H,4,14-15H2,1-3H3,(H,24,27)/t16-/m0/s1. The molecule has 5 heteroatoms. The second-order valence-corrected chi connectivity index (χ2v) is 6.91. The highest BCUT2D eigenvalue weighted by Crippen LogP contribution is 2.20. The van der Waals surface area contributed by atoms with E-state index in [0.717, 1.165) is 41.8 Å². The van der Waals surface area contributed by atoms with Gasteiger partial charge in [0.05, 0.1) is 11.2 Å². The maximum atomic E-state index is 11.2. The molecule has 3 rings (SSSR count). The van der Waals surface area contributed by atoms with Crippen LogP contribution >= 0.6 is 0 Å². The van der Waals surface area contributed by atoms with Gasteiger partial charge in [-0.15, -0.1) is 0 Å². The normalized spacial score (nSPS) is 12.3. The van der Waals surface area contributed by atoms with E-state index in [2.05, 4.69) is 47.2 Å². The number of benzene rings is 1. The summed E-state index contributed by atoms with van der Waals surface area (Å²) >= 11 is 0. The summed E-state index contributed by atoms with van der Waals surface area (Å²) in [7, 11) is 0. The summed E-state index contributed by atoms with van der Waals surface area (Å²) in [6, 6.07) is 14.5. The zero-order valence-electron chi connectivity index (χ0n) is 16.1. The number of amides is 1. The minimum Gasteiger partial charge on any atom is -0.326 e. The Balaban J connectivity index is 1.80. The van der Waals surface area contributed by atoms with Crippen molar-refractivity contribution in [3.63, 3.8) is 0 Å². The molecule has 1 aromatic carbocycles. The predicted octanol–water partition coefficient (Wildman–Crippen LogP) is 4.39. The number of rotatable bonds is 7. The Labute approximate surface area is 160 Å². The van der Waals surface area contributed by atoms with Crippen LogP contribution in [-0.2, 0) is 17.9 Å². The highest BCUT2D eigenvalue weighted by molar-refractivity contribution is 5.92. The molecule has 3 aromatic rings. The molecule has 0 saturated carbocycles. The third-order valence-corrected chi connectivity index (χ3v) is 4.75. The van der Waals surface area contributed by atoms with Crippen molar-refractivity contribution in [3.05, 3.63) is 66.1 Å². The van der Waals surface area contributed by atoms with E-state index in [-0.39, 0.29) is 5.91 Å². The molecule has 0 aliphatic carbocycles. The van der Waals surface area contributed by atoms with Gasteiger partial charge >= 0.3 is 0 Å². The molecular weight excluding hydrogens is 336 g/mol. The Morgan fingerprint density at radius 1 is 1.19 bits per heavy atom. The van der Waals surface area contributed by atoms with Gasteiger partial charge in [-0.2, -0.15) is 0 Å². The summed E-state index contributed by atoms with van der Waals surface area (Å²) in [4.78, 5) is 22.7. The summed E-state index contributed by atoms with van der Waals surface area (Å²) in [6.07, 6.45) is 4.80. The minimum absolute atomic E-state index is 0.0708. The van der Waals surface area contributed by atoms with E-state index in [1.807, 2.05) is 30.5 Å². The van der Waals surface area contributed by atoms with Gasteiger partial charge in [-0.05, 0) is 49.2 Å². The van der Waals surface area contributed by atoms with Crippen LogP contribution in [0, 0.1) is 0 Å². The molecule has 0 spiro atoms. The number of anilines is 1. The van der Waals surface area contributed by atoms with Crippen LogP contribution in [-0.4, -0.2) is 26.8 Å². The van der Waals surface area contributed by atoms with Crippen molar-refractivity contribution in [2.75, 3.05) is 5.32 Å². The average Bonchev–Trinajstić information content (AvgIpc) is 2.67. The molecule has 140 valence electrons. The zero-order valence-corrected chi connectivity index (χ0v) is 16.1.